The topological polar surface area (TPSA) is 67.6 Å². The SMILES string of the molecule is COC(=O)c1cc(N)cc(Cl)c1NCCN(C)C. The first kappa shape index (κ1) is 14.6. The number of methoxy groups -OCH3 is 1. The number of hydrogen-bond donors (Lipinski definition) is 2. The summed E-state index contributed by atoms with van der Waals surface area (Å²) in [5.74, 6) is -0.462. The second kappa shape index (κ2) is 6.47. The van der Waals surface area contributed by atoms with Crippen LogP contribution in [0.5, 0.6) is 0 Å². The van der Waals surface area contributed by atoms with Crippen LogP contribution in [0.2, 0.25) is 5.02 Å². The summed E-state index contributed by atoms with van der Waals surface area (Å²) in [5, 5.41) is 3.54. The van der Waals surface area contributed by atoms with Crippen LogP contribution >= 0.6 is 11.6 Å². The summed E-state index contributed by atoms with van der Waals surface area (Å²) in [7, 11) is 5.25. The van der Waals surface area contributed by atoms with E-state index in [1.165, 1.54) is 7.11 Å². The maximum Gasteiger partial charge on any atom is 0.340 e. The lowest BCUT2D eigenvalue weighted by atomic mass is 10.1. The Morgan fingerprint density at radius 2 is 2.17 bits per heavy atom. The van der Waals surface area contributed by atoms with Crippen LogP contribution < -0.4 is 11.1 Å². The third kappa shape index (κ3) is 3.78. The van der Waals surface area contributed by atoms with Crippen molar-refractivity contribution in [3.05, 3.63) is 22.7 Å². The lowest BCUT2D eigenvalue weighted by Crippen LogP contribution is -2.22. The molecule has 3 N–H and O–H groups in total. The molecule has 0 aliphatic heterocycles. The minimum atomic E-state index is -0.462. The zero-order chi connectivity index (χ0) is 13.7. The molecule has 0 heterocycles. The van der Waals surface area contributed by atoms with Crippen molar-refractivity contribution in [2.24, 2.45) is 0 Å². The van der Waals surface area contributed by atoms with Gasteiger partial charge in [-0.3, -0.25) is 0 Å². The van der Waals surface area contributed by atoms with Crippen LogP contribution in [0.15, 0.2) is 12.1 Å². The molecule has 1 aromatic carbocycles. The zero-order valence-corrected chi connectivity index (χ0v) is 11.5. The predicted octanol–water partition coefficient (Wildman–Crippen LogP) is 1.68. The quantitative estimate of drug-likeness (QED) is 0.630. The fraction of sp³-hybridized carbons (Fsp3) is 0.417. The zero-order valence-electron chi connectivity index (χ0n) is 10.8. The monoisotopic (exact) mass is 271 g/mol. The van der Waals surface area contributed by atoms with Gasteiger partial charge in [0.2, 0.25) is 0 Å². The van der Waals surface area contributed by atoms with Gasteiger partial charge in [-0.1, -0.05) is 11.6 Å². The number of nitrogens with zero attached hydrogens (tertiary/aromatic N) is 1. The van der Waals surface area contributed by atoms with Gasteiger partial charge in [0.1, 0.15) is 0 Å². The molecule has 0 amide bonds. The van der Waals surface area contributed by atoms with E-state index in [9.17, 15) is 4.79 Å². The third-order valence-electron chi connectivity index (χ3n) is 2.38. The van der Waals surface area contributed by atoms with Crippen LogP contribution in [-0.2, 0) is 4.74 Å². The summed E-state index contributed by atoms with van der Waals surface area (Å²) in [4.78, 5) is 13.7. The molecule has 0 bridgehead atoms. The number of carbonyl (C=O) groups excluding carboxylic acids is 1. The van der Waals surface area contributed by atoms with Crippen molar-refractivity contribution in [2.45, 2.75) is 0 Å². The highest BCUT2D eigenvalue weighted by molar-refractivity contribution is 6.34. The van der Waals surface area contributed by atoms with E-state index < -0.39 is 5.97 Å². The Kier molecular flexibility index (Phi) is 5.25. The molecule has 0 aromatic heterocycles. The van der Waals surface area contributed by atoms with Gasteiger partial charge in [0.05, 0.1) is 23.4 Å². The van der Waals surface area contributed by atoms with Gasteiger partial charge in [-0.25, -0.2) is 4.79 Å². The predicted molar refractivity (Wildman–Crippen MR) is 74.2 cm³/mol. The number of nitrogens with two attached hydrogens (primary N) is 1. The molecule has 0 aliphatic rings. The molecular formula is C12H18ClN3O2. The molecule has 100 valence electrons. The van der Waals surface area contributed by atoms with Crippen LogP contribution in [0.3, 0.4) is 0 Å². The number of ether oxygens (including phenoxy) is 1. The summed E-state index contributed by atoms with van der Waals surface area (Å²) in [6.45, 7) is 1.49. The Balaban J connectivity index is 2.96. The molecule has 0 saturated heterocycles. The Morgan fingerprint density at radius 3 is 2.72 bits per heavy atom. The molecule has 6 heteroatoms. The van der Waals surface area contributed by atoms with Crippen LogP contribution in [0.25, 0.3) is 0 Å². The molecule has 0 atom stereocenters. The first-order valence-corrected chi connectivity index (χ1v) is 5.89. The fourth-order valence-electron chi connectivity index (χ4n) is 1.48. The summed E-state index contributed by atoms with van der Waals surface area (Å²) >= 11 is 6.09. The van der Waals surface area contributed by atoms with E-state index in [2.05, 4.69) is 5.32 Å². The van der Waals surface area contributed by atoms with Crippen molar-refractivity contribution in [1.29, 1.82) is 0 Å². The van der Waals surface area contributed by atoms with Crippen molar-refractivity contribution in [3.63, 3.8) is 0 Å². The van der Waals surface area contributed by atoms with Gasteiger partial charge >= 0.3 is 5.97 Å². The number of esters is 1. The van der Waals surface area contributed by atoms with E-state index in [0.717, 1.165) is 6.54 Å². The first-order chi connectivity index (χ1) is 8.45. The third-order valence-corrected chi connectivity index (χ3v) is 2.68. The summed E-state index contributed by atoms with van der Waals surface area (Å²) in [5.41, 5.74) is 7.00. The highest BCUT2D eigenvalue weighted by Gasteiger charge is 2.15. The molecular weight excluding hydrogens is 254 g/mol. The van der Waals surface area contributed by atoms with Crippen molar-refractivity contribution in [2.75, 3.05) is 45.3 Å². The number of nitrogen functional groups attached to an aromatic ring is 1. The fourth-order valence-corrected chi connectivity index (χ4v) is 1.78. The number of carbonyl (C=O) groups is 1. The second-order valence-electron chi connectivity index (χ2n) is 4.15. The van der Waals surface area contributed by atoms with E-state index in [0.29, 0.717) is 28.5 Å². The van der Waals surface area contributed by atoms with Gasteiger partial charge < -0.3 is 20.7 Å². The number of halogens is 1. The molecule has 0 aliphatic carbocycles. The molecule has 18 heavy (non-hydrogen) atoms. The van der Waals surface area contributed by atoms with Gasteiger partial charge in [-0.2, -0.15) is 0 Å². The average molecular weight is 272 g/mol. The van der Waals surface area contributed by atoms with Gasteiger partial charge in [-0.05, 0) is 26.2 Å². The largest absolute Gasteiger partial charge is 0.465 e. The summed E-state index contributed by atoms with van der Waals surface area (Å²) < 4.78 is 4.71. The molecule has 0 fully saturated rings. The molecule has 0 saturated carbocycles. The van der Waals surface area contributed by atoms with Gasteiger partial charge in [0.25, 0.3) is 0 Å². The highest BCUT2D eigenvalue weighted by atomic mass is 35.5. The number of hydrogen-bond acceptors (Lipinski definition) is 5. The van der Waals surface area contributed by atoms with Crippen molar-refractivity contribution >= 4 is 28.9 Å². The molecule has 0 radical (unpaired) electrons. The second-order valence-corrected chi connectivity index (χ2v) is 4.55. The summed E-state index contributed by atoms with van der Waals surface area (Å²) in [6.07, 6.45) is 0. The van der Waals surface area contributed by atoms with E-state index in [-0.39, 0.29) is 0 Å². The van der Waals surface area contributed by atoms with Crippen molar-refractivity contribution in [3.8, 4) is 0 Å². The van der Waals surface area contributed by atoms with E-state index >= 15 is 0 Å². The van der Waals surface area contributed by atoms with Crippen LogP contribution in [-0.4, -0.2) is 45.2 Å². The maximum absolute atomic E-state index is 11.6. The van der Waals surface area contributed by atoms with Gasteiger partial charge in [0, 0.05) is 18.8 Å². The van der Waals surface area contributed by atoms with Crippen LogP contribution in [0.4, 0.5) is 11.4 Å². The Bertz CT molecular complexity index is 436. The van der Waals surface area contributed by atoms with Crippen LogP contribution in [0.1, 0.15) is 10.4 Å². The lowest BCUT2D eigenvalue weighted by Gasteiger charge is -2.15. The molecule has 5 nitrogen and oxygen atoms in total. The normalized spacial score (nSPS) is 10.5. The lowest BCUT2D eigenvalue weighted by molar-refractivity contribution is 0.0602. The van der Waals surface area contributed by atoms with E-state index in [1.54, 1.807) is 12.1 Å². The smallest absolute Gasteiger partial charge is 0.340 e. The van der Waals surface area contributed by atoms with Crippen LogP contribution in [0, 0.1) is 0 Å². The molecule has 1 aromatic rings. The Labute approximate surface area is 112 Å². The number of anilines is 2. The maximum atomic E-state index is 11.6. The number of nitrogens with one attached hydrogen (secondary N) is 1. The summed E-state index contributed by atoms with van der Waals surface area (Å²) in [6, 6.07) is 3.15. The van der Waals surface area contributed by atoms with Gasteiger partial charge in [0.15, 0.2) is 0 Å². The Morgan fingerprint density at radius 1 is 1.50 bits per heavy atom. The average Bonchev–Trinajstić information content (AvgIpc) is 2.30. The molecule has 1 rings (SSSR count). The van der Waals surface area contributed by atoms with Crippen molar-refractivity contribution in [1.82, 2.24) is 4.90 Å². The van der Waals surface area contributed by atoms with Crippen molar-refractivity contribution < 1.29 is 9.53 Å². The van der Waals surface area contributed by atoms with E-state index in [4.69, 9.17) is 22.1 Å². The standard InChI is InChI=1S/C12H18ClN3O2/c1-16(2)5-4-15-11-9(12(17)18-3)6-8(14)7-10(11)13/h6-7,15H,4-5,14H2,1-3H3. The first-order valence-electron chi connectivity index (χ1n) is 5.51. The van der Waals surface area contributed by atoms with E-state index in [1.807, 2.05) is 19.0 Å². The Hall–Kier alpha value is -1.46. The number of rotatable bonds is 5. The molecule has 0 unspecified atom stereocenters. The highest BCUT2D eigenvalue weighted by Crippen LogP contribution is 2.29. The number of benzene rings is 1. The van der Waals surface area contributed by atoms with Gasteiger partial charge in [-0.15, -0.1) is 0 Å². The number of likely N-dealkylation sites (N-methyl/N-ethyl adjacent to an activating group) is 1. The minimum absolute atomic E-state index is 0.348. The minimum Gasteiger partial charge on any atom is -0.465 e. The molecule has 0 spiro atoms.